The summed E-state index contributed by atoms with van der Waals surface area (Å²) in [6.07, 6.45) is 0. The molecule has 24 heavy (non-hydrogen) atoms. The Bertz CT molecular complexity index is 846. The molecule has 130 valence electrons. The number of sulfonamides is 1. The summed E-state index contributed by atoms with van der Waals surface area (Å²) < 4.78 is 31.9. The Labute approximate surface area is 144 Å². The van der Waals surface area contributed by atoms with Crippen LogP contribution in [0.15, 0.2) is 22.4 Å². The predicted octanol–water partition coefficient (Wildman–Crippen LogP) is 1.18. The predicted molar refractivity (Wildman–Crippen MR) is 90.8 cm³/mol. The number of hydrogen-bond donors (Lipinski definition) is 1. The van der Waals surface area contributed by atoms with E-state index in [2.05, 4.69) is 19.4 Å². The van der Waals surface area contributed by atoms with Crippen molar-refractivity contribution in [3.63, 3.8) is 0 Å². The summed E-state index contributed by atoms with van der Waals surface area (Å²) in [4.78, 5) is 21.9. The van der Waals surface area contributed by atoms with Gasteiger partial charge in [0.05, 0.1) is 19.3 Å². The summed E-state index contributed by atoms with van der Waals surface area (Å²) in [5.74, 6) is -0.187. The fourth-order valence-electron chi connectivity index (χ4n) is 1.90. The van der Waals surface area contributed by atoms with Crippen LogP contribution in [-0.4, -0.2) is 45.6 Å². The summed E-state index contributed by atoms with van der Waals surface area (Å²) in [5, 5.41) is 1.53. The van der Waals surface area contributed by atoms with E-state index in [-0.39, 0.29) is 16.3 Å². The lowest BCUT2D eigenvalue weighted by molar-refractivity contribution is 0.0602. The van der Waals surface area contributed by atoms with Crippen LogP contribution in [0.5, 0.6) is 0 Å². The second-order valence-electron chi connectivity index (χ2n) is 5.13. The topological polar surface area (TPSA) is 101 Å². The minimum Gasteiger partial charge on any atom is -0.465 e. The molecular formula is C14H18N4O4S2. The number of nitrogens with one attached hydrogen (secondary N) is 1. The number of aryl methyl sites for hydroxylation is 1. The van der Waals surface area contributed by atoms with Crippen molar-refractivity contribution in [2.45, 2.75) is 18.4 Å². The normalized spacial score (nSPS) is 11.3. The lowest BCUT2D eigenvalue weighted by atomic mass is 10.3. The SMILES string of the molecule is COC(=O)c1sccc1S(=O)(=O)NCc1cc(C)nc(N(C)C)n1. The monoisotopic (exact) mass is 370 g/mol. The Morgan fingerprint density at radius 2 is 2.08 bits per heavy atom. The van der Waals surface area contributed by atoms with E-state index in [4.69, 9.17) is 0 Å². The van der Waals surface area contributed by atoms with Gasteiger partial charge in [0.2, 0.25) is 16.0 Å². The van der Waals surface area contributed by atoms with E-state index in [0.717, 1.165) is 17.0 Å². The van der Waals surface area contributed by atoms with E-state index in [1.807, 2.05) is 0 Å². The molecule has 1 N–H and O–H groups in total. The van der Waals surface area contributed by atoms with Crippen LogP contribution in [0, 0.1) is 6.92 Å². The first-order valence-electron chi connectivity index (χ1n) is 6.92. The number of anilines is 1. The van der Waals surface area contributed by atoms with E-state index in [0.29, 0.717) is 11.6 Å². The van der Waals surface area contributed by atoms with Gasteiger partial charge in [0.25, 0.3) is 0 Å². The molecule has 2 aromatic heterocycles. The second kappa shape index (κ2) is 7.24. The summed E-state index contributed by atoms with van der Waals surface area (Å²) in [5.41, 5.74) is 1.26. The Morgan fingerprint density at radius 1 is 1.38 bits per heavy atom. The van der Waals surface area contributed by atoms with Crippen molar-refractivity contribution in [1.29, 1.82) is 0 Å². The van der Waals surface area contributed by atoms with Crippen LogP contribution in [0.2, 0.25) is 0 Å². The largest absolute Gasteiger partial charge is 0.465 e. The third-order valence-corrected chi connectivity index (χ3v) is 5.50. The van der Waals surface area contributed by atoms with Crippen molar-refractivity contribution < 1.29 is 17.9 Å². The van der Waals surface area contributed by atoms with Crippen molar-refractivity contribution >= 4 is 33.3 Å². The zero-order chi connectivity index (χ0) is 17.9. The van der Waals surface area contributed by atoms with Gasteiger partial charge in [-0.15, -0.1) is 11.3 Å². The summed E-state index contributed by atoms with van der Waals surface area (Å²) in [6, 6.07) is 3.07. The standard InChI is InChI=1S/C14H18N4O4S2/c1-9-7-10(17-14(16-9)18(2)3)8-15-24(20,21)11-5-6-23-12(11)13(19)22-4/h5-7,15H,8H2,1-4H3. The van der Waals surface area contributed by atoms with Gasteiger partial charge in [0.1, 0.15) is 9.77 Å². The van der Waals surface area contributed by atoms with Crippen LogP contribution >= 0.6 is 11.3 Å². The van der Waals surface area contributed by atoms with Gasteiger partial charge in [-0.25, -0.2) is 27.9 Å². The molecule has 0 saturated carbocycles. The molecule has 0 radical (unpaired) electrons. The van der Waals surface area contributed by atoms with Crippen LogP contribution in [0.25, 0.3) is 0 Å². The molecule has 2 rings (SSSR count). The Morgan fingerprint density at radius 3 is 2.71 bits per heavy atom. The van der Waals surface area contributed by atoms with Crippen molar-refractivity contribution in [3.05, 3.63) is 33.8 Å². The number of esters is 1. The minimum absolute atomic E-state index is 0.0109. The molecule has 0 amide bonds. The molecule has 0 unspecified atom stereocenters. The maximum Gasteiger partial charge on any atom is 0.349 e. The first-order valence-corrected chi connectivity index (χ1v) is 9.28. The molecule has 0 atom stereocenters. The maximum absolute atomic E-state index is 12.4. The molecule has 2 heterocycles. The van der Waals surface area contributed by atoms with Crippen molar-refractivity contribution in [1.82, 2.24) is 14.7 Å². The van der Waals surface area contributed by atoms with E-state index >= 15 is 0 Å². The molecular weight excluding hydrogens is 352 g/mol. The molecule has 0 spiro atoms. The van der Waals surface area contributed by atoms with E-state index < -0.39 is 16.0 Å². The van der Waals surface area contributed by atoms with Gasteiger partial charge in [-0.1, -0.05) is 0 Å². The average molecular weight is 370 g/mol. The number of nitrogens with zero attached hydrogens (tertiary/aromatic N) is 3. The number of carbonyl (C=O) groups excluding carboxylic acids is 1. The fourth-order valence-corrected chi connectivity index (χ4v) is 4.24. The maximum atomic E-state index is 12.4. The lowest BCUT2D eigenvalue weighted by Crippen LogP contribution is -2.25. The minimum atomic E-state index is -3.86. The number of methoxy groups -OCH3 is 1. The lowest BCUT2D eigenvalue weighted by Gasteiger charge is -2.13. The molecule has 0 bridgehead atoms. The van der Waals surface area contributed by atoms with Crippen LogP contribution in [0.3, 0.4) is 0 Å². The molecule has 10 heteroatoms. The van der Waals surface area contributed by atoms with Gasteiger partial charge in [-0.05, 0) is 24.4 Å². The molecule has 0 aliphatic rings. The summed E-state index contributed by atoms with van der Waals surface area (Å²) >= 11 is 1.01. The van der Waals surface area contributed by atoms with Gasteiger partial charge in [-0.2, -0.15) is 0 Å². The number of rotatable bonds is 6. The second-order valence-corrected chi connectivity index (χ2v) is 7.78. The highest BCUT2D eigenvalue weighted by molar-refractivity contribution is 7.89. The molecule has 0 fully saturated rings. The van der Waals surface area contributed by atoms with Gasteiger partial charge < -0.3 is 9.64 Å². The van der Waals surface area contributed by atoms with E-state index in [9.17, 15) is 13.2 Å². The van der Waals surface area contributed by atoms with Gasteiger partial charge in [-0.3, -0.25) is 0 Å². The third-order valence-electron chi connectivity index (χ3n) is 3.03. The Hall–Kier alpha value is -2.04. The highest BCUT2D eigenvalue weighted by Crippen LogP contribution is 2.22. The zero-order valence-corrected chi connectivity index (χ0v) is 15.4. The number of aromatic nitrogens is 2. The van der Waals surface area contributed by atoms with Crippen LogP contribution in [0.4, 0.5) is 5.95 Å². The summed E-state index contributed by atoms with van der Waals surface area (Å²) in [7, 11) is 0.950. The molecule has 0 aliphatic heterocycles. The number of thiophene rings is 1. The van der Waals surface area contributed by atoms with Gasteiger partial charge in [0, 0.05) is 19.8 Å². The molecule has 8 nitrogen and oxygen atoms in total. The highest BCUT2D eigenvalue weighted by Gasteiger charge is 2.24. The quantitative estimate of drug-likeness (QED) is 0.762. The highest BCUT2D eigenvalue weighted by atomic mass is 32.2. The fraction of sp³-hybridized carbons (Fsp3) is 0.357. The Kier molecular flexibility index (Phi) is 5.52. The zero-order valence-electron chi connectivity index (χ0n) is 13.7. The first-order chi connectivity index (χ1) is 11.2. The number of carbonyl (C=O) groups is 1. The molecule has 0 saturated heterocycles. The number of ether oxygens (including phenoxy) is 1. The smallest absolute Gasteiger partial charge is 0.349 e. The molecule has 0 aromatic carbocycles. The van der Waals surface area contributed by atoms with Crippen LogP contribution in [-0.2, 0) is 21.3 Å². The van der Waals surface area contributed by atoms with Gasteiger partial charge >= 0.3 is 5.97 Å². The van der Waals surface area contributed by atoms with E-state index in [1.54, 1.807) is 32.0 Å². The van der Waals surface area contributed by atoms with Crippen LogP contribution in [0.1, 0.15) is 21.1 Å². The molecule has 2 aromatic rings. The number of hydrogen-bond acceptors (Lipinski definition) is 8. The first kappa shape index (κ1) is 18.3. The van der Waals surface area contributed by atoms with Crippen molar-refractivity contribution in [2.24, 2.45) is 0 Å². The van der Waals surface area contributed by atoms with Crippen LogP contribution < -0.4 is 9.62 Å². The average Bonchev–Trinajstić information content (AvgIpc) is 3.02. The van der Waals surface area contributed by atoms with Crippen molar-refractivity contribution in [2.75, 3.05) is 26.1 Å². The third kappa shape index (κ3) is 4.08. The summed E-state index contributed by atoms with van der Waals surface area (Å²) in [6.45, 7) is 1.80. The van der Waals surface area contributed by atoms with Crippen molar-refractivity contribution in [3.8, 4) is 0 Å². The van der Waals surface area contributed by atoms with E-state index in [1.165, 1.54) is 18.6 Å². The molecule has 0 aliphatic carbocycles. The van der Waals surface area contributed by atoms with Gasteiger partial charge in [0.15, 0.2) is 0 Å². The Balaban J connectivity index is 2.23.